The number of amides is 1. The van der Waals surface area contributed by atoms with Crippen molar-refractivity contribution in [1.82, 2.24) is 4.90 Å². The highest BCUT2D eigenvalue weighted by molar-refractivity contribution is 7.91. The molecule has 4 nitrogen and oxygen atoms in total. The Bertz CT molecular complexity index is 764. The number of likely N-dealkylation sites (tertiary alicyclic amines) is 1. The van der Waals surface area contributed by atoms with Crippen molar-refractivity contribution >= 4 is 37.2 Å². The lowest BCUT2D eigenvalue weighted by Crippen LogP contribution is -2.31. The van der Waals surface area contributed by atoms with E-state index in [0.29, 0.717) is 25.1 Å². The number of carbonyl (C=O) groups excluding carboxylic acids is 1. The summed E-state index contributed by atoms with van der Waals surface area (Å²) in [5.74, 6) is -0.0794. The van der Waals surface area contributed by atoms with Gasteiger partial charge in [-0.2, -0.15) is 0 Å². The number of hydrogen-bond acceptors (Lipinski definition) is 4. The minimum absolute atomic E-state index is 0.0794. The zero-order chi connectivity index (χ0) is 14.3. The van der Waals surface area contributed by atoms with Crippen LogP contribution in [0.1, 0.15) is 16.8 Å². The third kappa shape index (κ3) is 2.45. The molecule has 1 aliphatic heterocycles. The lowest BCUT2D eigenvalue weighted by atomic mass is 10.1. The fraction of sp³-hybridized carbons (Fsp3) is 0.357. The van der Waals surface area contributed by atoms with Crippen LogP contribution in [0.3, 0.4) is 0 Å². The SMILES string of the molecule is CS(=O)(=O)C1CCN(C(=O)c2ccc3sccc3c2)C1. The van der Waals surface area contributed by atoms with Crippen LogP contribution >= 0.6 is 11.3 Å². The van der Waals surface area contributed by atoms with Gasteiger partial charge in [-0.25, -0.2) is 8.42 Å². The number of carbonyl (C=O) groups is 1. The summed E-state index contributed by atoms with van der Waals surface area (Å²) in [6.45, 7) is 0.817. The predicted octanol–water partition coefficient (Wildman–Crippen LogP) is 2.16. The lowest BCUT2D eigenvalue weighted by Gasteiger charge is -2.16. The molecule has 2 heterocycles. The summed E-state index contributed by atoms with van der Waals surface area (Å²) < 4.78 is 24.2. The van der Waals surface area contributed by atoms with Crippen LogP contribution in [0.4, 0.5) is 0 Å². The monoisotopic (exact) mass is 309 g/mol. The van der Waals surface area contributed by atoms with Gasteiger partial charge in [-0.05, 0) is 41.5 Å². The second-order valence-corrected chi connectivity index (χ2v) is 8.44. The van der Waals surface area contributed by atoms with E-state index in [2.05, 4.69) is 0 Å². The van der Waals surface area contributed by atoms with Crippen molar-refractivity contribution in [2.24, 2.45) is 0 Å². The minimum atomic E-state index is -3.07. The Labute approximate surface area is 121 Å². The Kier molecular flexibility index (Phi) is 3.30. The third-order valence-electron chi connectivity index (χ3n) is 3.74. The van der Waals surface area contributed by atoms with Gasteiger partial charge in [0.25, 0.3) is 5.91 Å². The molecule has 0 N–H and O–H groups in total. The van der Waals surface area contributed by atoms with E-state index >= 15 is 0 Å². The van der Waals surface area contributed by atoms with Crippen LogP contribution in [0, 0.1) is 0 Å². The molecule has 3 rings (SSSR count). The van der Waals surface area contributed by atoms with E-state index in [1.54, 1.807) is 16.2 Å². The first kappa shape index (κ1) is 13.6. The van der Waals surface area contributed by atoms with Crippen molar-refractivity contribution in [3.05, 3.63) is 35.2 Å². The second kappa shape index (κ2) is 4.86. The maximum Gasteiger partial charge on any atom is 0.253 e. The molecule has 2 aromatic rings. The molecule has 1 aliphatic rings. The smallest absolute Gasteiger partial charge is 0.253 e. The van der Waals surface area contributed by atoms with Crippen LogP contribution in [-0.2, 0) is 9.84 Å². The molecule has 0 bridgehead atoms. The average molecular weight is 309 g/mol. The van der Waals surface area contributed by atoms with E-state index in [1.165, 1.54) is 6.26 Å². The molecular weight excluding hydrogens is 294 g/mol. The molecule has 1 aromatic heterocycles. The first-order valence-electron chi connectivity index (χ1n) is 6.40. The average Bonchev–Trinajstić information content (AvgIpc) is 3.05. The van der Waals surface area contributed by atoms with Crippen LogP contribution in [0.5, 0.6) is 0 Å². The lowest BCUT2D eigenvalue weighted by molar-refractivity contribution is 0.0793. The first-order chi connectivity index (χ1) is 9.45. The number of sulfone groups is 1. The third-order valence-corrected chi connectivity index (χ3v) is 6.23. The molecule has 1 unspecified atom stereocenters. The zero-order valence-corrected chi connectivity index (χ0v) is 12.7. The number of fused-ring (bicyclic) bond motifs is 1. The van der Waals surface area contributed by atoms with Gasteiger partial charge in [0.1, 0.15) is 0 Å². The Hall–Kier alpha value is -1.40. The van der Waals surface area contributed by atoms with Crippen LogP contribution in [0.2, 0.25) is 0 Å². The van der Waals surface area contributed by atoms with Gasteiger partial charge in [0.2, 0.25) is 0 Å². The van der Waals surface area contributed by atoms with Gasteiger partial charge in [-0.1, -0.05) is 0 Å². The Morgan fingerprint density at radius 1 is 1.35 bits per heavy atom. The van der Waals surface area contributed by atoms with Gasteiger partial charge < -0.3 is 4.90 Å². The number of rotatable bonds is 2. The predicted molar refractivity (Wildman–Crippen MR) is 81.0 cm³/mol. The molecule has 0 radical (unpaired) electrons. The van der Waals surface area contributed by atoms with Gasteiger partial charge in [0.15, 0.2) is 9.84 Å². The molecule has 0 saturated carbocycles. The number of nitrogens with zero attached hydrogens (tertiary/aromatic N) is 1. The quantitative estimate of drug-likeness (QED) is 0.854. The van der Waals surface area contributed by atoms with Crippen molar-refractivity contribution in [2.75, 3.05) is 19.3 Å². The molecular formula is C14H15NO3S2. The fourth-order valence-corrected chi connectivity index (χ4v) is 4.30. The summed E-state index contributed by atoms with van der Waals surface area (Å²) in [6.07, 6.45) is 1.77. The normalized spacial score (nSPS) is 19.6. The summed E-state index contributed by atoms with van der Waals surface area (Å²) in [5.41, 5.74) is 0.630. The number of benzene rings is 1. The van der Waals surface area contributed by atoms with E-state index in [1.807, 2.05) is 29.6 Å². The summed E-state index contributed by atoms with van der Waals surface area (Å²) in [6, 6.07) is 7.62. The molecule has 0 spiro atoms. The van der Waals surface area contributed by atoms with E-state index in [-0.39, 0.29) is 5.91 Å². The van der Waals surface area contributed by atoms with Gasteiger partial charge in [0, 0.05) is 29.6 Å². The standard InChI is InChI=1S/C14H15NO3S2/c1-20(17,18)12-4-6-15(9-12)14(16)11-2-3-13-10(8-11)5-7-19-13/h2-3,5,7-8,12H,4,6,9H2,1H3. The van der Waals surface area contributed by atoms with Crippen molar-refractivity contribution in [3.63, 3.8) is 0 Å². The molecule has 0 aliphatic carbocycles. The highest BCUT2D eigenvalue weighted by atomic mass is 32.2. The summed E-state index contributed by atoms with van der Waals surface area (Å²) in [5, 5.41) is 2.63. The summed E-state index contributed by atoms with van der Waals surface area (Å²) in [7, 11) is -3.07. The Morgan fingerprint density at radius 2 is 2.15 bits per heavy atom. The van der Waals surface area contributed by atoms with Crippen molar-refractivity contribution in [3.8, 4) is 0 Å². The first-order valence-corrected chi connectivity index (χ1v) is 9.24. The van der Waals surface area contributed by atoms with E-state index < -0.39 is 15.1 Å². The fourth-order valence-electron chi connectivity index (χ4n) is 2.54. The van der Waals surface area contributed by atoms with E-state index in [4.69, 9.17) is 0 Å². The molecule has 1 fully saturated rings. The van der Waals surface area contributed by atoms with E-state index in [0.717, 1.165) is 10.1 Å². The van der Waals surface area contributed by atoms with E-state index in [9.17, 15) is 13.2 Å². The van der Waals surface area contributed by atoms with Gasteiger partial charge in [-0.15, -0.1) is 11.3 Å². The van der Waals surface area contributed by atoms with Gasteiger partial charge in [0.05, 0.1) is 5.25 Å². The molecule has 1 amide bonds. The Morgan fingerprint density at radius 3 is 2.85 bits per heavy atom. The second-order valence-electron chi connectivity index (χ2n) is 5.16. The van der Waals surface area contributed by atoms with Crippen LogP contribution in [-0.4, -0.2) is 43.8 Å². The summed E-state index contributed by atoms with van der Waals surface area (Å²) >= 11 is 1.64. The number of thiophene rings is 1. The molecule has 6 heteroatoms. The molecule has 1 saturated heterocycles. The highest BCUT2D eigenvalue weighted by Gasteiger charge is 2.32. The van der Waals surface area contributed by atoms with Crippen LogP contribution in [0.25, 0.3) is 10.1 Å². The van der Waals surface area contributed by atoms with Gasteiger partial charge in [-0.3, -0.25) is 4.79 Å². The number of hydrogen-bond donors (Lipinski definition) is 0. The highest BCUT2D eigenvalue weighted by Crippen LogP contribution is 2.24. The van der Waals surface area contributed by atoms with Gasteiger partial charge >= 0.3 is 0 Å². The molecule has 1 atom stereocenters. The van der Waals surface area contributed by atoms with Crippen molar-refractivity contribution in [2.45, 2.75) is 11.7 Å². The topological polar surface area (TPSA) is 54.5 Å². The summed E-state index contributed by atoms with van der Waals surface area (Å²) in [4.78, 5) is 14.1. The maximum atomic E-state index is 12.4. The minimum Gasteiger partial charge on any atom is -0.337 e. The molecule has 106 valence electrons. The maximum absolute atomic E-state index is 12.4. The van der Waals surface area contributed by atoms with Crippen molar-refractivity contribution in [1.29, 1.82) is 0 Å². The van der Waals surface area contributed by atoms with Crippen LogP contribution in [0.15, 0.2) is 29.6 Å². The van der Waals surface area contributed by atoms with Crippen molar-refractivity contribution < 1.29 is 13.2 Å². The zero-order valence-electron chi connectivity index (χ0n) is 11.1. The van der Waals surface area contributed by atoms with Crippen LogP contribution < -0.4 is 0 Å². The largest absolute Gasteiger partial charge is 0.337 e. The Balaban J connectivity index is 1.82. The molecule has 20 heavy (non-hydrogen) atoms. The molecule has 1 aromatic carbocycles.